The van der Waals surface area contributed by atoms with Crippen LogP contribution in [0, 0.1) is 17.6 Å². The van der Waals surface area contributed by atoms with E-state index in [1.54, 1.807) is 49.7 Å². The normalized spacial score (nSPS) is 24.2. The number of carbonyl (C=O) groups excluding carboxylic acids is 4. The van der Waals surface area contributed by atoms with Gasteiger partial charge in [0.05, 0.1) is 41.3 Å². The van der Waals surface area contributed by atoms with E-state index in [0.29, 0.717) is 64.2 Å². The number of ether oxygens (including phenoxy) is 1. The fraction of sp³-hybridized carbons (Fsp3) is 0.381. The van der Waals surface area contributed by atoms with Gasteiger partial charge in [-0.25, -0.2) is 13.8 Å². The van der Waals surface area contributed by atoms with Crippen LogP contribution in [-0.4, -0.2) is 115 Å². The van der Waals surface area contributed by atoms with Gasteiger partial charge in [0, 0.05) is 74.6 Å². The SMILES string of the molecule is [2H]C1([2H])N(CC2CCN(c3ccc(Nc4ncc(Cl)c(Nc5ccccc5P(C)(C)=O)n4)c(OC)c3)CC2)C([2H])([2H])C([2H])([2H])N(c2c(F)cc3c(c2F)C(=O)N(C2CCC(=O)NC2=O)C3=O)C1([2H])[2H]. The van der Waals surface area contributed by atoms with Crippen LogP contribution in [0.2, 0.25) is 5.02 Å². The van der Waals surface area contributed by atoms with Crippen molar-refractivity contribution >= 4 is 82.2 Å². The van der Waals surface area contributed by atoms with E-state index in [2.05, 4.69) is 20.6 Å². The van der Waals surface area contributed by atoms with E-state index < -0.39 is 104 Å². The quantitative estimate of drug-likeness (QED) is 0.126. The van der Waals surface area contributed by atoms with E-state index in [1.807, 2.05) is 16.3 Å². The highest BCUT2D eigenvalue weighted by atomic mass is 35.5. The second-order valence-corrected chi connectivity index (χ2v) is 18.7. The van der Waals surface area contributed by atoms with Crippen molar-refractivity contribution < 1.29 is 48.2 Å². The molecule has 0 spiro atoms. The first-order valence-corrected chi connectivity index (χ1v) is 22.2. The maximum absolute atomic E-state index is 16.6. The number of rotatable bonds is 11. The Morgan fingerprint density at radius 2 is 1.69 bits per heavy atom. The highest BCUT2D eigenvalue weighted by molar-refractivity contribution is 7.70. The molecule has 19 heteroatoms. The van der Waals surface area contributed by atoms with Crippen LogP contribution in [0.5, 0.6) is 5.75 Å². The van der Waals surface area contributed by atoms with Gasteiger partial charge < -0.3 is 29.7 Å². The Morgan fingerprint density at radius 3 is 2.39 bits per heavy atom. The Hall–Kier alpha value is -5.64. The summed E-state index contributed by atoms with van der Waals surface area (Å²) in [7, 11) is -1.18. The molecule has 3 saturated heterocycles. The van der Waals surface area contributed by atoms with Crippen LogP contribution in [0.1, 0.15) is 57.4 Å². The summed E-state index contributed by atoms with van der Waals surface area (Å²) in [5.41, 5.74) is -1.88. The lowest BCUT2D eigenvalue weighted by Gasteiger charge is -2.40. The third-order valence-corrected chi connectivity index (χ3v) is 12.6. The van der Waals surface area contributed by atoms with Crippen molar-refractivity contribution in [2.45, 2.75) is 31.7 Å². The largest absolute Gasteiger partial charge is 0.494 e. The molecule has 4 aliphatic rings. The predicted octanol–water partition coefficient (Wildman–Crippen LogP) is 5.59. The summed E-state index contributed by atoms with van der Waals surface area (Å²) in [4.78, 5) is 62.3. The van der Waals surface area contributed by atoms with Crippen molar-refractivity contribution in [1.29, 1.82) is 0 Å². The van der Waals surface area contributed by atoms with E-state index in [-0.39, 0.29) is 34.5 Å². The van der Waals surface area contributed by atoms with Crippen LogP contribution in [0.4, 0.5) is 43.3 Å². The Labute approximate surface area is 367 Å². The highest BCUT2D eigenvalue weighted by Crippen LogP contribution is 2.40. The van der Waals surface area contributed by atoms with Crippen LogP contribution >= 0.6 is 18.7 Å². The number of fused-ring (bicyclic) bond motifs is 1. The number of imide groups is 2. The predicted molar refractivity (Wildman–Crippen MR) is 229 cm³/mol. The number of nitrogens with zero attached hydrogens (tertiary/aromatic N) is 6. The molecule has 61 heavy (non-hydrogen) atoms. The molecule has 320 valence electrons. The molecule has 1 unspecified atom stereocenters. The minimum absolute atomic E-state index is 0.171. The molecule has 1 atom stereocenters. The molecule has 0 radical (unpaired) electrons. The van der Waals surface area contributed by atoms with Crippen LogP contribution in [0.3, 0.4) is 0 Å². The van der Waals surface area contributed by atoms with Crippen molar-refractivity contribution in [3.8, 4) is 5.75 Å². The van der Waals surface area contributed by atoms with Gasteiger partial charge >= 0.3 is 0 Å². The van der Waals surface area contributed by atoms with Crippen molar-refractivity contribution in [3.63, 3.8) is 0 Å². The topological polar surface area (TPSA) is 169 Å². The zero-order chi connectivity index (χ0) is 50.3. The maximum atomic E-state index is 16.6. The molecule has 5 heterocycles. The number of benzene rings is 3. The third-order valence-electron chi connectivity index (χ3n) is 10.7. The number of hydrogen-bond acceptors (Lipinski definition) is 13. The van der Waals surface area contributed by atoms with Crippen LogP contribution < -0.4 is 35.8 Å². The van der Waals surface area contributed by atoms with Gasteiger partial charge in [-0.15, -0.1) is 0 Å². The van der Waals surface area contributed by atoms with Crippen LogP contribution in [-0.2, 0) is 14.2 Å². The number of methoxy groups -OCH3 is 1. The zero-order valence-corrected chi connectivity index (χ0v) is 34.7. The number of hydrogen-bond donors (Lipinski definition) is 3. The summed E-state index contributed by atoms with van der Waals surface area (Å²) in [6.07, 6.45) is 1.40. The number of amides is 4. The molecule has 0 bridgehead atoms. The van der Waals surface area contributed by atoms with Crippen LogP contribution in [0.15, 0.2) is 54.7 Å². The number of nitrogens with one attached hydrogen (secondary N) is 3. The van der Waals surface area contributed by atoms with Gasteiger partial charge in [0.2, 0.25) is 17.8 Å². The molecule has 4 aromatic rings. The zero-order valence-electron chi connectivity index (χ0n) is 41.0. The summed E-state index contributed by atoms with van der Waals surface area (Å²) >= 11 is 6.44. The first-order chi connectivity index (χ1) is 32.2. The van der Waals surface area contributed by atoms with Gasteiger partial charge in [0.1, 0.15) is 35.5 Å². The summed E-state index contributed by atoms with van der Waals surface area (Å²) in [5.74, 6) is -7.97. The standard InChI is InChI=1S/C42H45ClF2N9O6P/c1-60-32-20-25(8-9-29(32)48-42-46-22-27(43)38(50-42)47-30-6-4-5-7-33(30)61(2,3)59)52-14-12-24(13-15-52)23-51-16-18-53(19-17-51)37-28(44)21-26-35(36(37)45)41(58)54(40(26)57)31-10-11-34(55)49-39(31)56/h4-9,20-22,24,31H,10-19,23H2,1-3H3,(H,49,55,56)(H2,46,47,48,50)/i16D2,17D2,18D2,19D2. The number of anilines is 6. The molecular weight excluding hydrogens is 831 g/mol. The first kappa shape index (κ1) is 33.0. The van der Waals surface area contributed by atoms with Gasteiger partial charge in [0.15, 0.2) is 11.6 Å². The summed E-state index contributed by atoms with van der Waals surface area (Å²) in [6.45, 7) is -11.0. The molecule has 4 amide bonds. The fourth-order valence-electron chi connectivity index (χ4n) is 7.65. The number of aromatic nitrogens is 2. The van der Waals surface area contributed by atoms with Crippen molar-refractivity contribution in [1.82, 2.24) is 25.1 Å². The Bertz CT molecular complexity index is 2830. The van der Waals surface area contributed by atoms with E-state index in [4.69, 9.17) is 27.3 Å². The van der Waals surface area contributed by atoms with Gasteiger partial charge in [-0.3, -0.25) is 34.3 Å². The minimum atomic E-state index is -3.74. The second kappa shape index (κ2) is 17.0. The highest BCUT2D eigenvalue weighted by Gasteiger charge is 2.47. The molecule has 8 rings (SSSR count). The molecule has 4 aliphatic heterocycles. The van der Waals surface area contributed by atoms with Crippen molar-refractivity contribution in [3.05, 3.63) is 82.5 Å². The smallest absolute Gasteiger partial charge is 0.265 e. The fourth-order valence-corrected chi connectivity index (χ4v) is 8.94. The summed E-state index contributed by atoms with van der Waals surface area (Å²) in [6, 6.07) is 11.2. The molecule has 1 aromatic heterocycles. The number of carbonyl (C=O) groups is 4. The first-order valence-electron chi connectivity index (χ1n) is 23.2. The van der Waals surface area contributed by atoms with E-state index in [1.165, 1.54) is 13.3 Å². The molecule has 3 N–H and O–H groups in total. The van der Waals surface area contributed by atoms with E-state index in [9.17, 15) is 23.7 Å². The lowest BCUT2D eigenvalue weighted by Crippen LogP contribution is -2.54. The molecule has 3 aromatic carbocycles. The average molecular weight is 884 g/mol. The average Bonchev–Trinajstić information content (AvgIpc) is 3.52. The Balaban J connectivity index is 0.977. The Morgan fingerprint density at radius 1 is 0.951 bits per heavy atom. The van der Waals surface area contributed by atoms with Crippen LogP contribution in [0.25, 0.3) is 0 Å². The number of para-hydroxylation sites is 1. The van der Waals surface area contributed by atoms with Gasteiger partial charge in [-0.1, -0.05) is 23.7 Å². The summed E-state index contributed by atoms with van der Waals surface area (Å²) in [5, 5.41) is 9.08. The number of halogens is 3. The second-order valence-electron chi connectivity index (χ2n) is 15.1. The van der Waals surface area contributed by atoms with Gasteiger partial charge in [-0.05, 0) is 68.8 Å². The lowest BCUT2D eigenvalue weighted by molar-refractivity contribution is -0.136. The van der Waals surface area contributed by atoms with E-state index >= 15 is 8.78 Å². The Kier molecular flexibility index (Phi) is 9.22. The molecule has 3 fully saturated rings. The number of piperazine rings is 1. The van der Waals surface area contributed by atoms with Gasteiger partial charge in [0.25, 0.3) is 11.8 Å². The van der Waals surface area contributed by atoms with E-state index in [0.717, 1.165) is 5.69 Å². The van der Waals surface area contributed by atoms with Crippen molar-refractivity contribution in [2.75, 3.05) is 86.5 Å². The van der Waals surface area contributed by atoms with Gasteiger partial charge in [-0.2, -0.15) is 4.98 Å². The monoisotopic (exact) mass is 883 g/mol. The summed E-state index contributed by atoms with van der Waals surface area (Å²) < 4.78 is 123. The number of piperidine rings is 2. The van der Waals surface area contributed by atoms with Crippen molar-refractivity contribution in [2.24, 2.45) is 5.92 Å². The lowest BCUT2D eigenvalue weighted by atomic mass is 9.95. The maximum Gasteiger partial charge on any atom is 0.265 e. The third kappa shape index (κ3) is 8.51. The molecule has 0 saturated carbocycles. The molecular formula is C42H45ClF2N9O6P. The minimum Gasteiger partial charge on any atom is -0.494 e. The molecule has 0 aliphatic carbocycles. The molecule has 15 nitrogen and oxygen atoms in total.